The summed E-state index contributed by atoms with van der Waals surface area (Å²) in [5.41, 5.74) is 4.30. The Labute approximate surface area is 188 Å². The second kappa shape index (κ2) is 8.46. The number of nitrogens with one attached hydrogen (secondary N) is 3. The number of hydrogen-bond donors (Lipinski definition) is 3. The molecular formula is C24H20N6O3. The Kier molecular flexibility index (Phi) is 5.19. The number of ether oxygens (including phenoxy) is 1. The number of fused-ring (bicyclic) bond motifs is 1. The summed E-state index contributed by atoms with van der Waals surface area (Å²) in [4.78, 5) is 20.3. The number of aromatic amines is 1. The molecular weight excluding hydrogens is 420 g/mol. The number of amides is 1. The quantitative estimate of drug-likeness (QED) is 0.337. The molecule has 0 saturated carbocycles. The number of rotatable bonds is 6. The third-order valence-corrected chi connectivity index (χ3v) is 5.04. The highest BCUT2D eigenvalue weighted by Gasteiger charge is 2.24. The largest absolute Gasteiger partial charge is 0.438 e. The van der Waals surface area contributed by atoms with E-state index in [9.17, 15) is 4.79 Å². The van der Waals surface area contributed by atoms with Gasteiger partial charge in [0, 0.05) is 37.1 Å². The number of benzene rings is 2. The van der Waals surface area contributed by atoms with Crippen molar-refractivity contribution in [3.63, 3.8) is 0 Å². The lowest BCUT2D eigenvalue weighted by atomic mass is 10.0. The molecule has 2 aromatic carbocycles. The normalized spacial score (nSPS) is 10.8. The van der Waals surface area contributed by atoms with E-state index in [2.05, 4.69) is 30.8 Å². The van der Waals surface area contributed by atoms with E-state index in [-0.39, 0.29) is 5.91 Å². The average molecular weight is 440 g/mol. The van der Waals surface area contributed by atoms with Crippen LogP contribution in [0.2, 0.25) is 0 Å². The molecule has 3 aromatic heterocycles. The molecule has 0 aliphatic carbocycles. The molecule has 5 aromatic rings. The topological polar surface area (TPSA) is 118 Å². The van der Waals surface area contributed by atoms with Crippen molar-refractivity contribution in [2.75, 3.05) is 17.7 Å². The van der Waals surface area contributed by atoms with E-state index in [4.69, 9.17) is 9.15 Å². The van der Waals surface area contributed by atoms with Crippen molar-refractivity contribution >= 4 is 28.4 Å². The zero-order valence-electron chi connectivity index (χ0n) is 17.9. The second-order valence-corrected chi connectivity index (χ2v) is 7.29. The Balaban J connectivity index is 1.70. The van der Waals surface area contributed by atoms with Crippen LogP contribution in [0.3, 0.4) is 0 Å². The highest BCUT2D eigenvalue weighted by Crippen LogP contribution is 2.44. The molecule has 3 heterocycles. The van der Waals surface area contributed by atoms with Crippen molar-refractivity contribution < 1.29 is 13.9 Å². The molecule has 33 heavy (non-hydrogen) atoms. The van der Waals surface area contributed by atoms with Crippen molar-refractivity contribution in [2.24, 2.45) is 0 Å². The minimum atomic E-state index is -0.156. The first kappa shape index (κ1) is 20.3. The fourth-order valence-electron chi connectivity index (χ4n) is 3.59. The van der Waals surface area contributed by atoms with E-state index in [1.807, 2.05) is 55.6 Å². The van der Waals surface area contributed by atoms with Gasteiger partial charge in [-0.15, -0.1) is 0 Å². The Morgan fingerprint density at radius 2 is 1.91 bits per heavy atom. The Morgan fingerprint density at radius 3 is 2.64 bits per heavy atom. The molecule has 0 fully saturated rings. The van der Waals surface area contributed by atoms with Crippen LogP contribution in [0.1, 0.15) is 6.92 Å². The van der Waals surface area contributed by atoms with Crippen LogP contribution in [0.5, 0.6) is 11.6 Å². The number of nitrogens with zero attached hydrogens (tertiary/aromatic N) is 3. The third-order valence-electron chi connectivity index (χ3n) is 5.04. The smallest absolute Gasteiger partial charge is 0.234 e. The second-order valence-electron chi connectivity index (χ2n) is 7.29. The van der Waals surface area contributed by atoms with Crippen molar-refractivity contribution in [3.05, 3.63) is 67.3 Å². The molecule has 5 rings (SSSR count). The van der Waals surface area contributed by atoms with Gasteiger partial charge in [0.25, 0.3) is 0 Å². The molecule has 0 spiro atoms. The first-order valence-corrected chi connectivity index (χ1v) is 10.2. The van der Waals surface area contributed by atoms with Crippen molar-refractivity contribution in [2.45, 2.75) is 6.92 Å². The number of carbonyl (C=O) groups excluding carboxylic acids is 1. The van der Waals surface area contributed by atoms with E-state index < -0.39 is 0 Å². The lowest BCUT2D eigenvalue weighted by molar-refractivity contribution is -0.114. The molecule has 9 nitrogen and oxygen atoms in total. The van der Waals surface area contributed by atoms with Crippen LogP contribution < -0.4 is 15.4 Å². The number of hydrogen-bond acceptors (Lipinski definition) is 7. The van der Waals surface area contributed by atoms with Gasteiger partial charge in [-0.05, 0) is 42.0 Å². The fourth-order valence-corrected chi connectivity index (χ4v) is 3.59. The van der Waals surface area contributed by atoms with Crippen molar-refractivity contribution in [3.8, 4) is 34.1 Å². The molecule has 164 valence electrons. The summed E-state index contributed by atoms with van der Waals surface area (Å²) in [6.45, 7) is 1.47. The van der Waals surface area contributed by atoms with Crippen LogP contribution in [-0.4, -0.2) is 33.1 Å². The molecule has 9 heteroatoms. The van der Waals surface area contributed by atoms with Gasteiger partial charge in [-0.2, -0.15) is 5.10 Å². The van der Waals surface area contributed by atoms with E-state index >= 15 is 0 Å². The van der Waals surface area contributed by atoms with Gasteiger partial charge in [0.15, 0.2) is 0 Å². The highest BCUT2D eigenvalue weighted by molar-refractivity contribution is 6.03. The average Bonchev–Trinajstić information content (AvgIpc) is 3.48. The standard InChI is InChI=1S/C24H20N6O3/c1-14(31)30-18-5-3-4-15(10-18)20-21-23(32-19-8-6-17(25-2)7-9-19)26-13-27-24(21)33-22(20)16-11-28-29-12-16/h3-13,25H,1-2H3,(H,28,29)(H,30,31). The number of carbonyl (C=O) groups is 1. The molecule has 0 unspecified atom stereocenters. The molecule has 0 atom stereocenters. The maximum Gasteiger partial charge on any atom is 0.234 e. The van der Waals surface area contributed by atoms with E-state index in [0.717, 1.165) is 22.4 Å². The lowest BCUT2D eigenvalue weighted by Crippen LogP contribution is -2.05. The third kappa shape index (κ3) is 3.99. The van der Waals surface area contributed by atoms with Gasteiger partial charge in [-0.1, -0.05) is 12.1 Å². The Morgan fingerprint density at radius 1 is 1.06 bits per heavy atom. The maximum absolute atomic E-state index is 11.6. The van der Waals surface area contributed by atoms with Gasteiger partial charge in [-0.3, -0.25) is 9.89 Å². The zero-order valence-corrected chi connectivity index (χ0v) is 17.9. The first-order chi connectivity index (χ1) is 16.1. The summed E-state index contributed by atoms with van der Waals surface area (Å²) < 4.78 is 12.3. The molecule has 0 bridgehead atoms. The summed E-state index contributed by atoms with van der Waals surface area (Å²) in [5, 5.41) is 13.4. The molecule has 1 amide bonds. The lowest BCUT2D eigenvalue weighted by Gasteiger charge is -2.09. The van der Waals surface area contributed by atoms with E-state index in [0.29, 0.717) is 34.2 Å². The van der Waals surface area contributed by atoms with Crippen LogP contribution >= 0.6 is 0 Å². The number of H-pyrrole nitrogens is 1. The number of anilines is 2. The molecule has 0 saturated heterocycles. The van der Waals surface area contributed by atoms with E-state index in [1.165, 1.54) is 13.3 Å². The fraction of sp³-hybridized carbons (Fsp3) is 0.0833. The molecule has 0 aliphatic heterocycles. The molecule has 0 radical (unpaired) electrons. The van der Waals surface area contributed by atoms with Gasteiger partial charge < -0.3 is 19.8 Å². The minimum Gasteiger partial charge on any atom is -0.438 e. The van der Waals surface area contributed by atoms with Gasteiger partial charge in [-0.25, -0.2) is 9.97 Å². The maximum atomic E-state index is 11.6. The van der Waals surface area contributed by atoms with Crippen molar-refractivity contribution in [1.82, 2.24) is 20.2 Å². The Bertz CT molecular complexity index is 1420. The van der Waals surface area contributed by atoms with Crippen LogP contribution in [0.25, 0.3) is 33.6 Å². The summed E-state index contributed by atoms with van der Waals surface area (Å²) in [6, 6.07) is 15.0. The first-order valence-electron chi connectivity index (χ1n) is 10.2. The van der Waals surface area contributed by atoms with Gasteiger partial charge in [0.1, 0.15) is 23.2 Å². The van der Waals surface area contributed by atoms with E-state index in [1.54, 1.807) is 12.4 Å². The number of furan rings is 1. The van der Waals surface area contributed by atoms with Crippen LogP contribution in [0, 0.1) is 0 Å². The summed E-state index contributed by atoms with van der Waals surface area (Å²) in [5.74, 6) is 1.39. The monoisotopic (exact) mass is 440 g/mol. The van der Waals surface area contributed by atoms with Crippen LogP contribution in [-0.2, 0) is 4.79 Å². The zero-order chi connectivity index (χ0) is 22.8. The Hall–Kier alpha value is -4.66. The van der Waals surface area contributed by atoms with Gasteiger partial charge in [0.05, 0.1) is 11.8 Å². The molecule has 0 aliphatic rings. The van der Waals surface area contributed by atoms with Crippen LogP contribution in [0.4, 0.5) is 11.4 Å². The summed E-state index contributed by atoms with van der Waals surface area (Å²) in [7, 11) is 1.86. The predicted octanol–water partition coefficient (Wildman–Crippen LogP) is 5.07. The number of aromatic nitrogens is 4. The SMILES string of the molecule is CNc1ccc(Oc2ncnc3oc(-c4cn[nH]c4)c(-c4cccc(NC(C)=O)c4)c23)cc1. The predicted molar refractivity (Wildman–Crippen MR) is 125 cm³/mol. The summed E-state index contributed by atoms with van der Waals surface area (Å²) in [6.07, 6.45) is 4.81. The van der Waals surface area contributed by atoms with Crippen molar-refractivity contribution in [1.29, 1.82) is 0 Å². The minimum absolute atomic E-state index is 0.156. The van der Waals surface area contributed by atoms with Crippen LogP contribution in [0.15, 0.2) is 71.7 Å². The van der Waals surface area contributed by atoms with Gasteiger partial charge in [0.2, 0.25) is 17.5 Å². The highest BCUT2D eigenvalue weighted by atomic mass is 16.5. The van der Waals surface area contributed by atoms with Gasteiger partial charge >= 0.3 is 0 Å². The molecule has 3 N–H and O–H groups in total. The summed E-state index contributed by atoms with van der Waals surface area (Å²) >= 11 is 0.